The van der Waals surface area contributed by atoms with Gasteiger partial charge in [0.2, 0.25) is 5.91 Å². The third-order valence-electron chi connectivity index (χ3n) is 5.47. The van der Waals surface area contributed by atoms with Crippen LogP contribution < -0.4 is 10.1 Å². The van der Waals surface area contributed by atoms with Crippen LogP contribution in [-0.2, 0) is 16.1 Å². The summed E-state index contributed by atoms with van der Waals surface area (Å²) < 4.78 is 5.72. The third-order valence-corrected chi connectivity index (χ3v) is 6.18. The zero-order valence-electron chi connectivity index (χ0n) is 19.3. The van der Waals surface area contributed by atoms with Gasteiger partial charge in [0, 0.05) is 28.2 Å². The Morgan fingerprint density at radius 1 is 1.00 bits per heavy atom. The van der Waals surface area contributed by atoms with E-state index in [9.17, 15) is 9.59 Å². The van der Waals surface area contributed by atoms with Crippen LogP contribution in [0.4, 0.5) is 0 Å². The highest BCUT2D eigenvalue weighted by Gasteiger charge is 2.28. The summed E-state index contributed by atoms with van der Waals surface area (Å²) in [6.07, 6.45) is 0.790. The fourth-order valence-corrected chi connectivity index (χ4v) is 3.60. The molecule has 0 saturated heterocycles. The number of rotatable bonds is 10. The number of nitrogens with one attached hydrogen (secondary N) is 1. The van der Waals surface area contributed by atoms with Crippen molar-refractivity contribution in [3.8, 4) is 5.75 Å². The van der Waals surface area contributed by atoms with Crippen LogP contribution in [-0.4, -0.2) is 35.4 Å². The molecule has 7 heteroatoms. The number of ether oxygens (including phenoxy) is 1. The van der Waals surface area contributed by atoms with Crippen molar-refractivity contribution < 1.29 is 14.3 Å². The van der Waals surface area contributed by atoms with E-state index in [4.69, 9.17) is 27.9 Å². The lowest BCUT2D eigenvalue weighted by Gasteiger charge is -2.30. The van der Waals surface area contributed by atoms with E-state index < -0.39 is 6.04 Å². The topological polar surface area (TPSA) is 58.6 Å². The maximum Gasteiger partial charge on any atom is 0.261 e. The van der Waals surface area contributed by atoms with Gasteiger partial charge in [-0.2, -0.15) is 0 Å². The number of carbonyl (C=O) groups excluding carboxylic acids is 2. The van der Waals surface area contributed by atoms with Crippen LogP contribution in [0.1, 0.15) is 58.1 Å². The van der Waals surface area contributed by atoms with Gasteiger partial charge in [0.05, 0.1) is 0 Å². The van der Waals surface area contributed by atoms with Crippen LogP contribution in [0.5, 0.6) is 5.75 Å². The summed E-state index contributed by atoms with van der Waals surface area (Å²) in [5, 5.41) is 3.81. The van der Waals surface area contributed by atoms with Crippen molar-refractivity contribution >= 4 is 35.0 Å². The molecule has 2 aromatic rings. The molecule has 0 unspecified atom stereocenters. The SMILES string of the molecule is CC[C@@H](C)NC(=O)[C@@H](C)N(Cc1c(Cl)cccc1Cl)C(=O)COc1ccc(C(C)C)cc1. The molecule has 32 heavy (non-hydrogen) atoms. The largest absolute Gasteiger partial charge is 0.484 e. The third kappa shape index (κ3) is 7.14. The monoisotopic (exact) mass is 478 g/mol. The second-order valence-electron chi connectivity index (χ2n) is 8.23. The first-order chi connectivity index (χ1) is 15.1. The van der Waals surface area contributed by atoms with E-state index >= 15 is 0 Å². The Morgan fingerprint density at radius 3 is 2.12 bits per heavy atom. The van der Waals surface area contributed by atoms with Crippen LogP contribution in [0.15, 0.2) is 42.5 Å². The van der Waals surface area contributed by atoms with E-state index in [0.717, 1.165) is 6.42 Å². The van der Waals surface area contributed by atoms with Crippen molar-refractivity contribution in [3.05, 3.63) is 63.6 Å². The Kier molecular flexibility index (Phi) is 9.85. The fourth-order valence-electron chi connectivity index (χ4n) is 3.08. The van der Waals surface area contributed by atoms with E-state index in [1.165, 1.54) is 10.5 Å². The number of carbonyl (C=O) groups is 2. The summed E-state index contributed by atoms with van der Waals surface area (Å²) in [7, 11) is 0. The number of halogens is 2. The van der Waals surface area contributed by atoms with Crippen molar-refractivity contribution in [2.45, 2.75) is 65.6 Å². The van der Waals surface area contributed by atoms with Gasteiger partial charge in [-0.1, -0.05) is 62.2 Å². The molecular weight excluding hydrogens is 447 g/mol. The standard InChI is InChI=1S/C25H32Cl2N2O3/c1-6-17(4)28-25(31)18(5)29(14-21-22(26)8-7-9-23(21)27)24(30)15-32-20-12-10-19(11-13-20)16(2)3/h7-13,16-18H,6,14-15H2,1-5H3,(H,28,31)/t17-,18-/m1/s1. The average molecular weight is 479 g/mol. The first-order valence-corrected chi connectivity index (χ1v) is 11.6. The summed E-state index contributed by atoms with van der Waals surface area (Å²) in [5.41, 5.74) is 1.78. The van der Waals surface area contributed by atoms with Crippen molar-refractivity contribution in [1.82, 2.24) is 10.2 Å². The van der Waals surface area contributed by atoms with Crippen LogP contribution in [0.3, 0.4) is 0 Å². The lowest BCUT2D eigenvalue weighted by molar-refractivity contribution is -0.142. The van der Waals surface area contributed by atoms with Gasteiger partial charge < -0.3 is 15.0 Å². The van der Waals surface area contributed by atoms with E-state index in [2.05, 4.69) is 19.2 Å². The molecule has 0 bridgehead atoms. The molecule has 2 rings (SSSR count). The molecule has 0 radical (unpaired) electrons. The summed E-state index contributed by atoms with van der Waals surface area (Å²) >= 11 is 12.7. The van der Waals surface area contributed by atoms with Crippen LogP contribution in [0, 0.1) is 0 Å². The molecule has 0 aliphatic rings. The second kappa shape index (κ2) is 12.1. The Morgan fingerprint density at radius 2 is 1.59 bits per heavy atom. The van der Waals surface area contributed by atoms with E-state index in [0.29, 0.717) is 27.3 Å². The van der Waals surface area contributed by atoms with Crippen molar-refractivity contribution in [3.63, 3.8) is 0 Å². The van der Waals surface area contributed by atoms with Crippen LogP contribution in [0.2, 0.25) is 10.0 Å². The van der Waals surface area contributed by atoms with E-state index in [-0.39, 0.29) is 31.0 Å². The summed E-state index contributed by atoms with van der Waals surface area (Å²) in [4.78, 5) is 27.4. The molecule has 2 aromatic carbocycles. The Bertz CT molecular complexity index is 896. The molecule has 0 aliphatic heterocycles. The minimum absolute atomic E-state index is 0.00141. The lowest BCUT2D eigenvalue weighted by Crippen LogP contribution is -2.50. The van der Waals surface area contributed by atoms with Gasteiger partial charge in [0.25, 0.3) is 5.91 Å². The first kappa shape index (κ1) is 26.0. The Hall–Kier alpha value is -2.24. The Balaban J connectivity index is 2.20. The minimum Gasteiger partial charge on any atom is -0.484 e. The molecule has 0 heterocycles. The predicted octanol–water partition coefficient (Wildman–Crippen LogP) is 5.83. The molecular formula is C25H32Cl2N2O3. The summed E-state index contributed by atoms with van der Waals surface area (Å²) in [6.45, 7) is 9.72. The predicted molar refractivity (Wildman–Crippen MR) is 130 cm³/mol. The summed E-state index contributed by atoms with van der Waals surface area (Å²) in [5.74, 6) is 0.430. The molecule has 0 aliphatic carbocycles. The highest BCUT2D eigenvalue weighted by molar-refractivity contribution is 6.36. The van der Waals surface area contributed by atoms with Gasteiger partial charge in [-0.15, -0.1) is 0 Å². The maximum atomic E-state index is 13.2. The molecule has 0 aromatic heterocycles. The summed E-state index contributed by atoms with van der Waals surface area (Å²) in [6, 6.07) is 12.1. The smallest absolute Gasteiger partial charge is 0.261 e. The molecule has 2 atom stereocenters. The van der Waals surface area contributed by atoms with Gasteiger partial charge in [-0.25, -0.2) is 0 Å². The quantitative estimate of drug-likeness (QED) is 0.467. The molecule has 0 saturated carbocycles. The number of benzene rings is 2. The number of nitrogens with zero attached hydrogens (tertiary/aromatic N) is 1. The van der Waals surface area contributed by atoms with Crippen LogP contribution >= 0.6 is 23.2 Å². The highest BCUT2D eigenvalue weighted by atomic mass is 35.5. The van der Waals surface area contributed by atoms with Crippen molar-refractivity contribution in [2.75, 3.05) is 6.61 Å². The molecule has 5 nitrogen and oxygen atoms in total. The second-order valence-corrected chi connectivity index (χ2v) is 9.04. The molecule has 2 amide bonds. The van der Waals surface area contributed by atoms with Gasteiger partial charge in [-0.05, 0) is 56.0 Å². The number of hydrogen-bond donors (Lipinski definition) is 1. The lowest BCUT2D eigenvalue weighted by atomic mass is 10.0. The van der Waals surface area contributed by atoms with Gasteiger partial charge in [-0.3, -0.25) is 9.59 Å². The normalized spacial score (nSPS) is 12.9. The van der Waals surface area contributed by atoms with Crippen LogP contribution in [0.25, 0.3) is 0 Å². The average Bonchev–Trinajstić information content (AvgIpc) is 2.77. The van der Waals surface area contributed by atoms with Gasteiger partial charge >= 0.3 is 0 Å². The molecule has 1 N–H and O–H groups in total. The minimum atomic E-state index is -0.726. The molecule has 0 fully saturated rings. The first-order valence-electron chi connectivity index (χ1n) is 10.9. The van der Waals surface area contributed by atoms with Gasteiger partial charge in [0.15, 0.2) is 6.61 Å². The van der Waals surface area contributed by atoms with E-state index in [1.54, 1.807) is 25.1 Å². The molecule has 174 valence electrons. The van der Waals surface area contributed by atoms with Gasteiger partial charge in [0.1, 0.15) is 11.8 Å². The maximum absolute atomic E-state index is 13.2. The highest BCUT2D eigenvalue weighted by Crippen LogP contribution is 2.27. The number of amides is 2. The van der Waals surface area contributed by atoms with Crippen molar-refractivity contribution in [1.29, 1.82) is 0 Å². The van der Waals surface area contributed by atoms with Crippen molar-refractivity contribution in [2.24, 2.45) is 0 Å². The Labute approximate surface area is 201 Å². The zero-order chi connectivity index (χ0) is 23.8. The van der Waals surface area contributed by atoms with E-state index in [1.807, 2.05) is 38.1 Å². The fraction of sp³-hybridized carbons (Fsp3) is 0.440. The molecule has 0 spiro atoms. The zero-order valence-corrected chi connectivity index (χ0v) is 20.8. The number of hydrogen-bond acceptors (Lipinski definition) is 3.